The Hall–Kier alpha value is -0.980. The summed E-state index contributed by atoms with van der Waals surface area (Å²) in [5, 5.41) is 4.12. The van der Waals surface area contributed by atoms with Gasteiger partial charge in [-0.1, -0.05) is 0 Å². The number of hydrogen-bond donors (Lipinski definition) is 2. The highest BCUT2D eigenvalue weighted by Crippen LogP contribution is 2.05. The summed E-state index contributed by atoms with van der Waals surface area (Å²) >= 11 is 0. The molecule has 0 aliphatic carbocycles. The van der Waals surface area contributed by atoms with Crippen molar-refractivity contribution in [3.8, 4) is 0 Å². The van der Waals surface area contributed by atoms with Crippen molar-refractivity contribution >= 4 is 0 Å². The Balaban J connectivity index is 2.62. The minimum Gasteiger partial charge on any atom is -0.377 e. The molecule has 3 N–H and O–H groups in total. The molecular formula is C10H21N5O. The third kappa shape index (κ3) is 3.26. The maximum Gasteiger partial charge on any atom is 0.138 e. The van der Waals surface area contributed by atoms with Gasteiger partial charge in [0.05, 0.1) is 12.1 Å². The molecule has 0 saturated carbocycles. The number of hydrogen-bond acceptors (Lipinski definition) is 5. The Kier molecular flexibility index (Phi) is 5.37. The SMILES string of the molecule is CCOC(C)C(Cc1ncnn1CC)NN. The van der Waals surface area contributed by atoms with Crippen molar-refractivity contribution in [3.05, 3.63) is 12.2 Å². The van der Waals surface area contributed by atoms with Crippen LogP contribution in [-0.2, 0) is 17.7 Å². The molecule has 0 bridgehead atoms. The zero-order valence-electron chi connectivity index (χ0n) is 10.2. The van der Waals surface area contributed by atoms with Crippen molar-refractivity contribution in [3.63, 3.8) is 0 Å². The van der Waals surface area contributed by atoms with E-state index in [1.807, 2.05) is 25.5 Å². The molecule has 6 heteroatoms. The first-order chi connectivity index (χ1) is 7.72. The lowest BCUT2D eigenvalue weighted by molar-refractivity contribution is 0.0468. The van der Waals surface area contributed by atoms with E-state index in [4.69, 9.17) is 10.6 Å². The predicted molar refractivity (Wildman–Crippen MR) is 61.6 cm³/mol. The first-order valence-corrected chi connectivity index (χ1v) is 5.67. The molecule has 2 unspecified atom stereocenters. The van der Waals surface area contributed by atoms with Crippen molar-refractivity contribution in [1.29, 1.82) is 0 Å². The standard InChI is InChI=1S/C10H21N5O/c1-4-15-10(12-7-13-15)6-9(14-11)8(3)16-5-2/h7-9,14H,4-6,11H2,1-3H3. The zero-order valence-corrected chi connectivity index (χ0v) is 10.2. The molecule has 0 amide bonds. The van der Waals surface area contributed by atoms with Crippen molar-refractivity contribution in [2.75, 3.05) is 6.61 Å². The highest BCUT2D eigenvalue weighted by molar-refractivity contribution is 4.91. The number of nitrogens with one attached hydrogen (secondary N) is 1. The van der Waals surface area contributed by atoms with Gasteiger partial charge >= 0.3 is 0 Å². The zero-order chi connectivity index (χ0) is 12.0. The fourth-order valence-electron chi connectivity index (χ4n) is 1.65. The van der Waals surface area contributed by atoms with Gasteiger partial charge in [0.15, 0.2) is 0 Å². The van der Waals surface area contributed by atoms with Crippen LogP contribution in [-0.4, -0.2) is 33.5 Å². The van der Waals surface area contributed by atoms with E-state index in [0.717, 1.165) is 12.4 Å². The minimum absolute atomic E-state index is 0.0504. The van der Waals surface area contributed by atoms with Gasteiger partial charge in [-0.05, 0) is 20.8 Å². The summed E-state index contributed by atoms with van der Waals surface area (Å²) in [4.78, 5) is 4.22. The Bertz CT molecular complexity index is 301. The van der Waals surface area contributed by atoms with E-state index in [-0.39, 0.29) is 12.1 Å². The van der Waals surface area contributed by atoms with Crippen LogP contribution in [0.4, 0.5) is 0 Å². The van der Waals surface area contributed by atoms with E-state index >= 15 is 0 Å². The second kappa shape index (κ2) is 6.57. The number of nitrogens with zero attached hydrogens (tertiary/aromatic N) is 3. The number of aromatic nitrogens is 3. The van der Waals surface area contributed by atoms with Gasteiger partial charge in [-0.15, -0.1) is 0 Å². The number of ether oxygens (including phenoxy) is 1. The van der Waals surface area contributed by atoms with Crippen LogP contribution in [0.25, 0.3) is 0 Å². The molecule has 0 aliphatic rings. The predicted octanol–water partition coefficient (Wildman–Crippen LogP) is 0.0974. The normalized spacial score (nSPS) is 15.0. The van der Waals surface area contributed by atoms with Crippen LogP contribution in [0.3, 0.4) is 0 Å². The second-order valence-electron chi connectivity index (χ2n) is 3.63. The molecule has 16 heavy (non-hydrogen) atoms. The van der Waals surface area contributed by atoms with Gasteiger partial charge in [-0.3, -0.25) is 16.0 Å². The number of nitrogens with two attached hydrogens (primary N) is 1. The van der Waals surface area contributed by atoms with Crippen molar-refractivity contribution in [1.82, 2.24) is 20.2 Å². The van der Waals surface area contributed by atoms with Crippen molar-refractivity contribution in [2.24, 2.45) is 5.84 Å². The molecular weight excluding hydrogens is 206 g/mol. The van der Waals surface area contributed by atoms with Crippen molar-refractivity contribution < 1.29 is 4.74 Å². The van der Waals surface area contributed by atoms with Gasteiger partial charge < -0.3 is 4.74 Å². The Morgan fingerprint density at radius 3 is 2.88 bits per heavy atom. The number of aryl methyl sites for hydroxylation is 1. The minimum atomic E-state index is 0.0504. The molecule has 0 saturated heterocycles. The van der Waals surface area contributed by atoms with Crippen LogP contribution in [0, 0.1) is 0 Å². The van der Waals surface area contributed by atoms with Gasteiger partial charge in [-0.2, -0.15) is 5.10 Å². The molecule has 1 rings (SSSR count). The third-order valence-corrected chi connectivity index (χ3v) is 2.61. The van der Waals surface area contributed by atoms with E-state index in [2.05, 4.69) is 15.5 Å². The van der Waals surface area contributed by atoms with Gasteiger partial charge in [0.1, 0.15) is 12.2 Å². The lowest BCUT2D eigenvalue weighted by Gasteiger charge is -2.22. The third-order valence-electron chi connectivity index (χ3n) is 2.61. The highest BCUT2D eigenvalue weighted by atomic mass is 16.5. The summed E-state index contributed by atoms with van der Waals surface area (Å²) in [5.41, 5.74) is 2.77. The fourth-order valence-corrected chi connectivity index (χ4v) is 1.65. The number of hydrazine groups is 1. The molecule has 2 atom stereocenters. The van der Waals surface area contributed by atoms with Crippen molar-refractivity contribution in [2.45, 2.75) is 45.9 Å². The maximum absolute atomic E-state index is 5.52. The Morgan fingerprint density at radius 1 is 1.56 bits per heavy atom. The second-order valence-corrected chi connectivity index (χ2v) is 3.63. The molecule has 1 heterocycles. The van der Waals surface area contributed by atoms with Crippen LogP contribution in [0.15, 0.2) is 6.33 Å². The van der Waals surface area contributed by atoms with Crippen LogP contribution >= 0.6 is 0 Å². The Labute approximate surface area is 96.2 Å². The highest BCUT2D eigenvalue weighted by Gasteiger charge is 2.19. The smallest absolute Gasteiger partial charge is 0.138 e. The monoisotopic (exact) mass is 227 g/mol. The first kappa shape index (κ1) is 13.1. The number of rotatable bonds is 7. The molecule has 1 aromatic heterocycles. The molecule has 0 spiro atoms. The van der Waals surface area contributed by atoms with Crippen LogP contribution in [0.1, 0.15) is 26.6 Å². The van der Waals surface area contributed by atoms with E-state index in [9.17, 15) is 0 Å². The largest absolute Gasteiger partial charge is 0.377 e. The first-order valence-electron chi connectivity index (χ1n) is 5.67. The van der Waals surface area contributed by atoms with Gasteiger partial charge in [0.25, 0.3) is 0 Å². The van der Waals surface area contributed by atoms with Gasteiger partial charge in [-0.25, -0.2) is 4.98 Å². The summed E-state index contributed by atoms with van der Waals surface area (Å²) < 4.78 is 7.38. The van der Waals surface area contributed by atoms with E-state index in [1.54, 1.807) is 6.33 Å². The van der Waals surface area contributed by atoms with E-state index in [1.165, 1.54) is 0 Å². The van der Waals surface area contributed by atoms with E-state index < -0.39 is 0 Å². The summed E-state index contributed by atoms with van der Waals surface area (Å²) in [6.07, 6.45) is 2.33. The summed E-state index contributed by atoms with van der Waals surface area (Å²) in [6.45, 7) is 7.50. The molecule has 1 aromatic rings. The molecule has 0 fully saturated rings. The summed E-state index contributed by atoms with van der Waals surface area (Å²) in [6, 6.07) is 0.0504. The molecule has 6 nitrogen and oxygen atoms in total. The molecule has 0 aromatic carbocycles. The summed E-state index contributed by atoms with van der Waals surface area (Å²) in [5.74, 6) is 6.45. The maximum atomic E-state index is 5.52. The van der Waals surface area contributed by atoms with Gasteiger partial charge in [0, 0.05) is 19.6 Å². The molecule has 0 aliphatic heterocycles. The lowest BCUT2D eigenvalue weighted by atomic mass is 10.1. The lowest BCUT2D eigenvalue weighted by Crippen LogP contribution is -2.45. The average molecular weight is 227 g/mol. The fraction of sp³-hybridized carbons (Fsp3) is 0.800. The topological polar surface area (TPSA) is 78.0 Å². The van der Waals surface area contributed by atoms with E-state index in [0.29, 0.717) is 13.0 Å². The van der Waals surface area contributed by atoms with Crippen LogP contribution in [0.5, 0.6) is 0 Å². The quantitative estimate of drug-likeness (QED) is 0.510. The molecule has 92 valence electrons. The van der Waals surface area contributed by atoms with Crippen LogP contribution < -0.4 is 11.3 Å². The van der Waals surface area contributed by atoms with Gasteiger partial charge in [0.2, 0.25) is 0 Å². The van der Waals surface area contributed by atoms with Crippen LogP contribution in [0.2, 0.25) is 0 Å². The summed E-state index contributed by atoms with van der Waals surface area (Å²) in [7, 11) is 0. The Morgan fingerprint density at radius 2 is 2.31 bits per heavy atom. The average Bonchev–Trinajstić information content (AvgIpc) is 2.73. The molecule has 0 radical (unpaired) electrons.